The molecule has 0 atom stereocenters. The molecule has 1 heterocycles. The van der Waals surface area contributed by atoms with E-state index in [1.54, 1.807) is 0 Å². The molecular formula is C10H17N3. The number of hydrogen-bond acceptors (Lipinski definition) is 2. The van der Waals surface area contributed by atoms with Gasteiger partial charge in [0, 0.05) is 12.7 Å². The van der Waals surface area contributed by atoms with Crippen LogP contribution in [0.2, 0.25) is 0 Å². The summed E-state index contributed by atoms with van der Waals surface area (Å²) in [5.74, 6) is 0. The van der Waals surface area contributed by atoms with E-state index in [4.69, 9.17) is 5.73 Å². The summed E-state index contributed by atoms with van der Waals surface area (Å²) < 4.78 is 2.05. The molecule has 0 bridgehead atoms. The van der Waals surface area contributed by atoms with E-state index in [1.807, 2.05) is 6.92 Å². The number of hydrogen-bond donors (Lipinski definition) is 1. The number of aryl methyl sites for hydroxylation is 1. The average molecular weight is 179 g/mol. The van der Waals surface area contributed by atoms with Crippen molar-refractivity contribution in [1.82, 2.24) is 9.78 Å². The second-order valence-electron chi connectivity index (χ2n) is 4.19. The zero-order valence-electron chi connectivity index (χ0n) is 8.16. The molecule has 1 aliphatic rings. The predicted octanol–water partition coefficient (Wildman–Crippen LogP) is 1.32. The third-order valence-electron chi connectivity index (χ3n) is 2.90. The van der Waals surface area contributed by atoms with Crippen LogP contribution in [-0.2, 0) is 6.54 Å². The first-order chi connectivity index (χ1) is 6.24. The predicted molar refractivity (Wildman–Crippen MR) is 52.3 cm³/mol. The molecule has 2 N–H and O–H groups in total. The Balaban J connectivity index is 1.98. The van der Waals surface area contributed by atoms with Gasteiger partial charge in [-0.25, -0.2) is 0 Å². The minimum absolute atomic E-state index is 0.493. The van der Waals surface area contributed by atoms with Crippen molar-refractivity contribution in [2.24, 2.45) is 11.1 Å². The number of rotatable bonds is 4. The SMILES string of the molecule is Cc1ccn(CC2(CCN)CC2)n1. The Kier molecular flexibility index (Phi) is 2.12. The van der Waals surface area contributed by atoms with Gasteiger partial charge in [0.25, 0.3) is 0 Å². The second kappa shape index (κ2) is 3.14. The van der Waals surface area contributed by atoms with Crippen molar-refractivity contribution < 1.29 is 0 Å². The molecule has 1 aromatic rings. The van der Waals surface area contributed by atoms with Crippen LogP contribution in [0.5, 0.6) is 0 Å². The summed E-state index contributed by atoms with van der Waals surface area (Å²) >= 11 is 0. The average Bonchev–Trinajstić information content (AvgIpc) is 2.70. The van der Waals surface area contributed by atoms with Crippen LogP contribution in [-0.4, -0.2) is 16.3 Å². The molecule has 0 radical (unpaired) electrons. The Labute approximate surface area is 78.9 Å². The van der Waals surface area contributed by atoms with E-state index in [0.29, 0.717) is 5.41 Å². The molecule has 0 unspecified atom stereocenters. The molecule has 1 aliphatic carbocycles. The highest BCUT2D eigenvalue weighted by Crippen LogP contribution is 2.49. The summed E-state index contributed by atoms with van der Waals surface area (Å²) in [6.45, 7) is 3.89. The van der Waals surface area contributed by atoms with E-state index in [0.717, 1.165) is 25.2 Å². The molecule has 1 fully saturated rings. The van der Waals surface area contributed by atoms with Crippen LogP contribution in [0.3, 0.4) is 0 Å². The maximum absolute atomic E-state index is 5.58. The molecule has 1 saturated carbocycles. The van der Waals surface area contributed by atoms with Crippen LogP contribution in [0.4, 0.5) is 0 Å². The third kappa shape index (κ3) is 1.91. The van der Waals surface area contributed by atoms with Crippen molar-refractivity contribution in [3.63, 3.8) is 0 Å². The molecule has 13 heavy (non-hydrogen) atoms. The first kappa shape index (κ1) is 8.75. The van der Waals surface area contributed by atoms with Gasteiger partial charge in [-0.2, -0.15) is 5.10 Å². The molecule has 0 amide bonds. The standard InChI is InChI=1S/C10H17N3/c1-9-2-7-13(12-9)8-10(3-4-10)5-6-11/h2,7H,3-6,8,11H2,1H3. The summed E-state index contributed by atoms with van der Waals surface area (Å²) in [7, 11) is 0. The molecule has 2 rings (SSSR count). The third-order valence-corrected chi connectivity index (χ3v) is 2.90. The number of nitrogens with zero attached hydrogens (tertiary/aromatic N) is 2. The van der Waals surface area contributed by atoms with E-state index in [-0.39, 0.29) is 0 Å². The highest BCUT2D eigenvalue weighted by Gasteiger charge is 2.41. The minimum Gasteiger partial charge on any atom is -0.330 e. The van der Waals surface area contributed by atoms with Crippen LogP contribution in [0.25, 0.3) is 0 Å². The van der Waals surface area contributed by atoms with Crippen molar-refractivity contribution in [2.75, 3.05) is 6.54 Å². The summed E-state index contributed by atoms with van der Waals surface area (Å²) in [6, 6.07) is 2.05. The molecule has 0 aromatic carbocycles. The van der Waals surface area contributed by atoms with Gasteiger partial charge in [-0.1, -0.05) is 0 Å². The highest BCUT2D eigenvalue weighted by atomic mass is 15.3. The molecular weight excluding hydrogens is 162 g/mol. The van der Waals surface area contributed by atoms with Crippen LogP contribution in [0.1, 0.15) is 25.0 Å². The van der Waals surface area contributed by atoms with Gasteiger partial charge in [0.05, 0.1) is 5.69 Å². The Morgan fingerprint density at radius 2 is 2.38 bits per heavy atom. The van der Waals surface area contributed by atoms with Crippen LogP contribution >= 0.6 is 0 Å². The van der Waals surface area contributed by atoms with E-state index >= 15 is 0 Å². The van der Waals surface area contributed by atoms with E-state index in [9.17, 15) is 0 Å². The summed E-state index contributed by atoms with van der Waals surface area (Å²) in [6.07, 6.45) is 5.85. The Morgan fingerprint density at radius 3 is 2.85 bits per heavy atom. The zero-order valence-corrected chi connectivity index (χ0v) is 8.16. The molecule has 0 aliphatic heterocycles. The molecule has 0 saturated heterocycles. The van der Waals surface area contributed by atoms with E-state index < -0.39 is 0 Å². The lowest BCUT2D eigenvalue weighted by atomic mass is 10.0. The quantitative estimate of drug-likeness (QED) is 0.757. The molecule has 3 nitrogen and oxygen atoms in total. The fourth-order valence-corrected chi connectivity index (χ4v) is 1.87. The normalized spacial score (nSPS) is 18.9. The summed E-state index contributed by atoms with van der Waals surface area (Å²) in [5, 5.41) is 4.39. The molecule has 0 spiro atoms. The molecule has 3 heteroatoms. The van der Waals surface area contributed by atoms with Crippen molar-refractivity contribution in [1.29, 1.82) is 0 Å². The first-order valence-electron chi connectivity index (χ1n) is 4.94. The largest absolute Gasteiger partial charge is 0.330 e. The van der Waals surface area contributed by atoms with Gasteiger partial charge in [0.1, 0.15) is 0 Å². The van der Waals surface area contributed by atoms with Crippen molar-refractivity contribution in [2.45, 2.75) is 32.7 Å². The minimum atomic E-state index is 0.493. The van der Waals surface area contributed by atoms with Gasteiger partial charge in [0.2, 0.25) is 0 Å². The van der Waals surface area contributed by atoms with E-state index in [1.165, 1.54) is 12.8 Å². The Hall–Kier alpha value is -0.830. The van der Waals surface area contributed by atoms with Gasteiger partial charge < -0.3 is 5.73 Å². The maximum Gasteiger partial charge on any atom is 0.0593 e. The maximum atomic E-state index is 5.58. The molecule has 72 valence electrons. The van der Waals surface area contributed by atoms with Crippen LogP contribution < -0.4 is 5.73 Å². The van der Waals surface area contributed by atoms with Gasteiger partial charge in [0.15, 0.2) is 0 Å². The van der Waals surface area contributed by atoms with Crippen LogP contribution in [0.15, 0.2) is 12.3 Å². The first-order valence-corrected chi connectivity index (χ1v) is 4.94. The Bertz CT molecular complexity index is 286. The summed E-state index contributed by atoms with van der Waals surface area (Å²) in [4.78, 5) is 0. The fraction of sp³-hybridized carbons (Fsp3) is 0.700. The number of aromatic nitrogens is 2. The van der Waals surface area contributed by atoms with E-state index in [2.05, 4.69) is 22.0 Å². The topological polar surface area (TPSA) is 43.8 Å². The van der Waals surface area contributed by atoms with Gasteiger partial charge in [-0.3, -0.25) is 4.68 Å². The lowest BCUT2D eigenvalue weighted by Crippen LogP contribution is -2.16. The van der Waals surface area contributed by atoms with Crippen molar-refractivity contribution in [3.8, 4) is 0 Å². The van der Waals surface area contributed by atoms with Gasteiger partial charge in [-0.15, -0.1) is 0 Å². The monoisotopic (exact) mass is 179 g/mol. The zero-order chi connectivity index (χ0) is 9.31. The molecule has 1 aromatic heterocycles. The van der Waals surface area contributed by atoms with Crippen molar-refractivity contribution >= 4 is 0 Å². The number of nitrogens with two attached hydrogens (primary N) is 1. The summed E-state index contributed by atoms with van der Waals surface area (Å²) in [5.41, 5.74) is 7.18. The highest BCUT2D eigenvalue weighted by molar-refractivity contribution is 4.98. The smallest absolute Gasteiger partial charge is 0.0593 e. The van der Waals surface area contributed by atoms with Crippen LogP contribution in [0, 0.1) is 12.3 Å². The van der Waals surface area contributed by atoms with Crippen molar-refractivity contribution in [3.05, 3.63) is 18.0 Å². The van der Waals surface area contributed by atoms with Gasteiger partial charge >= 0.3 is 0 Å². The Morgan fingerprint density at radius 1 is 1.62 bits per heavy atom. The second-order valence-corrected chi connectivity index (χ2v) is 4.19. The van der Waals surface area contributed by atoms with Gasteiger partial charge in [-0.05, 0) is 44.2 Å². The fourth-order valence-electron chi connectivity index (χ4n) is 1.87. The lowest BCUT2D eigenvalue weighted by molar-refractivity contribution is 0.375. The lowest BCUT2D eigenvalue weighted by Gasteiger charge is -2.13.